The van der Waals surface area contributed by atoms with E-state index in [1.165, 1.54) is 12.8 Å². The predicted octanol–water partition coefficient (Wildman–Crippen LogP) is 3.74. The van der Waals surface area contributed by atoms with E-state index in [0.717, 1.165) is 38.5 Å². The Morgan fingerprint density at radius 2 is 1.56 bits per heavy atom. The minimum Gasteiger partial charge on any atom is -0.393 e. The van der Waals surface area contributed by atoms with Crippen LogP contribution in [0.5, 0.6) is 0 Å². The van der Waals surface area contributed by atoms with Gasteiger partial charge in [0.15, 0.2) is 5.79 Å². The van der Waals surface area contributed by atoms with E-state index in [2.05, 4.69) is 27.7 Å². The SMILES string of the molecule is CC1C2C(CC3C4CC(O)C5C[C@@H](O)CC[C@]5(C)C4CC[C@@]32C)OC12OC[C@H](C)C[C@H]2O. The van der Waals surface area contributed by atoms with Crippen LogP contribution in [0.15, 0.2) is 0 Å². The Bertz CT molecular complexity index is 758. The molecule has 0 bridgehead atoms. The highest BCUT2D eigenvalue weighted by atomic mass is 16.7. The molecule has 14 atom stereocenters. The minimum absolute atomic E-state index is 0.146. The third kappa shape index (κ3) is 2.75. The minimum atomic E-state index is -0.824. The molecule has 182 valence electrons. The van der Waals surface area contributed by atoms with Crippen LogP contribution in [0, 0.1) is 52.3 Å². The maximum Gasteiger partial charge on any atom is 0.197 e. The van der Waals surface area contributed by atoms with Gasteiger partial charge in [0.2, 0.25) is 0 Å². The molecule has 32 heavy (non-hydrogen) atoms. The summed E-state index contributed by atoms with van der Waals surface area (Å²) < 4.78 is 13.0. The van der Waals surface area contributed by atoms with Gasteiger partial charge in [-0.15, -0.1) is 0 Å². The fourth-order valence-electron chi connectivity index (χ4n) is 10.4. The van der Waals surface area contributed by atoms with Crippen molar-refractivity contribution in [1.29, 1.82) is 0 Å². The predicted molar refractivity (Wildman–Crippen MR) is 121 cm³/mol. The van der Waals surface area contributed by atoms with Crippen molar-refractivity contribution in [3.05, 3.63) is 0 Å². The fraction of sp³-hybridized carbons (Fsp3) is 1.00. The number of rotatable bonds is 0. The van der Waals surface area contributed by atoms with E-state index in [1.54, 1.807) is 0 Å². The van der Waals surface area contributed by atoms with Gasteiger partial charge in [0.1, 0.15) is 6.10 Å². The van der Waals surface area contributed by atoms with Gasteiger partial charge in [-0.25, -0.2) is 0 Å². The summed E-state index contributed by atoms with van der Waals surface area (Å²) in [4.78, 5) is 0. The highest BCUT2D eigenvalue weighted by molar-refractivity contribution is 5.17. The van der Waals surface area contributed by atoms with E-state index in [1.807, 2.05) is 0 Å². The van der Waals surface area contributed by atoms with Crippen LogP contribution in [0.4, 0.5) is 0 Å². The van der Waals surface area contributed by atoms with Crippen LogP contribution in [0.2, 0.25) is 0 Å². The highest BCUT2D eigenvalue weighted by Gasteiger charge is 2.71. The first kappa shape index (κ1) is 22.3. The molecule has 6 rings (SSSR count). The Kier molecular flexibility index (Phi) is 4.99. The third-order valence-electron chi connectivity index (χ3n) is 11.9. The maximum absolute atomic E-state index is 11.2. The first-order valence-corrected chi connectivity index (χ1v) is 13.5. The zero-order chi connectivity index (χ0) is 22.6. The molecule has 0 aromatic carbocycles. The van der Waals surface area contributed by atoms with Crippen LogP contribution >= 0.6 is 0 Å². The molecular weight excluding hydrogens is 404 g/mol. The Labute approximate surface area is 193 Å². The molecule has 4 saturated carbocycles. The van der Waals surface area contributed by atoms with Gasteiger partial charge in [-0.2, -0.15) is 0 Å². The van der Waals surface area contributed by atoms with Crippen molar-refractivity contribution in [1.82, 2.24) is 0 Å². The maximum atomic E-state index is 11.2. The summed E-state index contributed by atoms with van der Waals surface area (Å²) in [6, 6.07) is 0. The summed E-state index contributed by atoms with van der Waals surface area (Å²) >= 11 is 0. The normalized spacial score (nSPS) is 64.0. The van der Waals surface area contributed by atoms with Crippen molar-refractivity contribution in [2.45, 2.75) is 109 Å². The summed E-state index contributed by atoms with van der Waals surface area (Å²) in [6.45, 7) is 9.98. The van der Waals surface area contributed by atoms with Crippen molar-refractivity contribution < 1.29 is 24.8 Å². The molecule has 3 N–H and O–H groups in total. The second-order valence-electron chi connectivity index (χ2n) is 13.4. The lowest BCUT2D eigenvalue weighted by molar-refractivity contribution is -0.316. The largest absolute Gasteiger partial charge is 0.393 e. The molecule has 2 saturated heterocycles. The molecule has 0 aromatic rings. The lowest BCUT2D eigenvalue weighted by Gasteiger charge is -2.62. The molecule has 4 aliphatic carbocycles. The van der Waals surface area contributed by atoms with E-state index < -0.39 is 11.9 Å². The number of hydrogen-bond acceptors (Lipinski definition) is 5. The lowest BCUT2D eigenvalue weighted by Crippen LogP contribution is -2.59. The zero-order valence-electron chi connectivity index (χ0n) is 20.4. The smallest absolute Gasteiger partial charge is 0.197 e. The standard InChI is InChI=1S/C27H44O5/c1-14-9-23(30)27(31-13-14)15(2)24-22(32-27)12-19-17-11-21(29)20-10-16(28)5-7-25(20,3)18(17)6-8-26(19,24)4/h14-24,28-30H,5-13H2,1-4H3/t14-,15?,16+,17?,18?,19?,20?,21?,22?,23-,24?,25-,26+,27?/m1/s1. The van der Waals surface area contributed by atoms with Gasteiger partial charge in [-0.3, -0.25) is 0 Å². The van der Waals surface area contributed by atoms with E-state index in [0.29, 0.717) is 36.2 Å². The van der Waals surface area contributed by atoms with Crippen LogP contribution in [0.25, 0.3) is 0 Å². The van der Waals surface area contributed by atoms with Crippen molar-refractivity contribution in [2.24, 2.45) is 52.3 Å². The molecule has 6 aliphatic rings. The van der Waals surface area contributed by atoms with E-state index in [9.17, 15) is 15.3 Å². The van der Waals surface area contributed by atoms with Gasteiger partial charge in [0.05, 0.1) is 24.9 Å². The molecule has 2 heterocycles. The zero-order valence-corrected chi connectivity index (χ0v) is 20.4. The second-order valence-corrected chi connectivity index (χ2v) is 13.4. The number of fused-ring (bicyclic) bond motifs is 7. The second kappa shape index (κ2) is 7.16. The van der Waals surface area contributed by atoms with Crippen molar-refractivity contribution in [3.8, 4) is 0 Å². The van der Waals surface area contributed by atoms with Gasteiger partial charge in [0, 0.05) is 5.92 Å². The number of ether oxygens (including phenoxy) is 2. The summed E-state index contributed by atoms with van der Waals surface area (Å²) in [5.41, 5.74) is 0.324. The highest BCUT2D eigenvalue weighted by Crippen LogP contribution is 2.71. The summed E-state index contributed by atoms with van der Waals surface area (Å²) in [5.74, 6) is 2.12. The topological polar surface area (TPSA) is 79.2 Å². The van der Waals surface area contributed by atoms with Crippen molar-refractivity contribution in [2.75, 3.05) is 6.61 Å². The third-order valence-corrected chi connectivity index (χ3v) is 11.9. The number of hydrogen-bond donors (Lipinski definition) is 3. The quantitative estimate of drug-likeness (QED) is 0.526. The van der Waals surface area contributed by atoms with Gasteiger partial charge in [-0.1, -0.05) is 27.7 Å². The van der Waals surface area contributed by atoms with E-state index >= 15 is 0 Å². The number of aliphatic hydroxyl groups is 3. The molecule has 2 aliphatic heterocycles. The molecule has 6 fully saturated rings. The molecule has 5 nitrogen and oxygen atoms in total. The van der Waals surface area contributed by atoms with E-state index in [4.69, 9.17) is 9.47 Å². The Morgan fingerprint density at radius 3 is 2.31 bits per heavy atom. The summed E-state index contributed by atoms with van der Waals surface area (Å²) in [7, 11) is 0. The average molecular weight is 449 g/mol. The molecule has 9 unspecified atom stereocenters. The Hall–Kier alpha value is -0.200. The molecule has 0 aromatic heterocycles. The first-order chi connectivity index (χ1) is 15.1. The molecule has 1 spiro atoms. The monoisotopic (exact) mass is 448 g/mol. The average Bonchev–Trinajstić information content (AvgIpc) is 3.18. The molecular formula is C27H44O5. The lowest BCUT2D eigenvalue weighted by atomic mass is 9.43. The number of aliphatic hydroxyl groups excluding tert-OH is 3. The van der Waals surface area contributed by atoms with Gasteiger partial charge < -0.3 is 24.8 Å². The summed E-state index contributed by atoms with van der Waals surface area (Å²) in [6.07, 6.45) is 6.86. The van der Waals surface area contributed by atoms with Crippen LogP contribution in [-0.2, 0) is 9.47 Å². The van der Waals surface area contributed by atoms with Crippen LogP contribution in [0.3, 0.4) is 0 Å². The molecule has 5 heteroatoms. The Balaban J connectivity index is 1.29. The first-order valence-electron chi connectivity index (χ1n) is 13.5. The summed E-state index contributed by atoms with van der Waals surface area (Å²) in [5, 5.41) is 32.6. The van der Waals surface area contributed by atoms with Gasteiger partial charge in [0.25, 0.3) is 0 Å². The molecule has 0 radical (unpaired) electrons. The Morgan fingerprint density at radius 1 is 0.812 bits per heavy atom. The molecule has 0 amide bonds. The fourth-order valence-corrected chi connectivity index (χ4v) is 10.4. The van der Waals surface area contributed by atoms with Gasteiger partial charge in [-0.05, 0) is 97.7 Å². The van der Waals surface area contributed by atoms with Crippen LogP contribution in [-0.4, -0.2) is 52.1 Å². The van der Waals surface area contributed by atoms with Crippen LogP contribution in [0.1, 0.15) is 79.1 Å². The van der Waals surface area contributed by atoms with E-state index in [-0.39, 0.29) is 41.0 Å². The van der Waals surface area contributed by atoms with Crippen LogP contribution < -0.4 is 0 Å². The van der Waals surface area contributed by atoms with Crippen molar-refractivity contribution in [3.63, 3.8) is 0 Å². The van der Waals surface area contributed by atoms with Gasteiger partial charge >= 0.3 is 0 Å². The van der Waals surface area contributed by atoms with Crippen molar-refractivity contribution >= 4 is 0 Å².